The normalized spacial score (nSPS) is 26.1. The molecule has 0 aliphatic carbocycles. The zero-order valence-electron chi connectivity index (χ0n) is 10.1. The predicted octanol–water partition coefficient (Wildman–Crippen LogP) is 1.64. The molecule has 2 aliphatic rings. The van der Waals surface area contributed by atoms with Crippen molar-refractivity contribution < 1.29 is 9.18 Å². The van der Waals surface area contributed by atoms with Crippen LogP contribution in [0.3, 0.4) is 0 Å². The summed E-state index contributed by atoms with van der Waals surface area (Å²) in [6.45, 7) is 2.55. The molecular formula is C13H16ClFN2O. The van der Waals surface area contributed by atoms with E-state index in [4.69, 9.17) is 0 Å². The molecule has 98 valence electrons. The standard InChI is InChI=1S/C13H15FN2O.ClH/c1-16-7-8-5-15-6-12(8)10-3-2-9(14)4-11(10)13(16)17;/h2-4,8,12,15H,5-7H2,1H3;1H/t8-,12+;/m0./s1. The van der Waals surface area contributed by atoms with E-state index >= 15 is 0 Å². The fraction of sp³-hybridized carbons (Fsp3) is 0.462. The zero-order chi connectivity index (χ0) is 12.0. The predicted molar refractivity (Wildman–Crippen MR) is 69.7 cm³/mol. The molecule has 0 unspecified atom stereocenters. The third-order valence-electron chi connectivity index (χ3n) is 3.84. The molecule has 1 aromatic carbocycles. The van der Waals surface area contributed by atoms with Crippen LogP contribution < -0.4 is 5.32 Å². The summed E-state index contributed by atoms with van der Waals surface area (Å²) < 4.78 is 13.3. The highest BCUT2D eigenvalue weighted by Gasteiger charge is 2.36. The summed E-state index contributed by atoms with van der Waals surface area (Å²) >= 11 is 0. The molecule has 2 aliphatic heterocycles. The third kappa shape index (κ3) is 1.99. The molecule has 2 atom stereocenters. The van der Waals surface area contributed by atoms with E-state index in [0.29, 0.717) is 17.4 Å². The summed E-state index contributed by atoms with van der Waals surface area (Å²) in [5.74, 6) is 0.374. The van der Waals surface area contributed by atoms with Crippen LogP contribution in [-0.2, 0) is 0 Å². The van der Waals surface area contributed by atoms with Crippen LogP contribution in [0, 0.1) is 11.7 Å². The molecule has 18 heavy (non-hydrogen) atoms. The molecule has 5 heteroatoms. The first-order valence-corrected chi connectivity index (χ1v) is 5.92. The van der Waals surface area contributed by atoms with Crippen LogP contribution in [0.1, 0.15) is 21.8 Å². The monoisotopic (exact) mass is 270 g/mol. The quantitative estimate of drug-likeness (QED) is 0.777. The zero-order valence-corrected chi connectivity index (χ0v) is 11.0. The number of nitrogens with zero attached hydrogens (tertiary/aromatic N) is 1. The van der Waals surface area contributed by atoms with Crippen LogP contribution in [0.5, 0.6) is 0 Å². The average Bonchev–Trinajstić information content (AvgIpc) is 2.72. The first-order chi connectivity index (χ1) is 8.16. The van der Waals surface area contributed by atoms with Gasteiger partial charge in [0, 0.05) is 38.2 Å². The van der Waals surface area contributed by atoms with Crippen LogP contribution in [0.2, 0.25) is 0 Å². The largest absolute Gasteiger partial charge is 0.341 e. The van der Waals surface area contributed by atoms with Crippen molar-refractivity contribution in [3.05, 3.63) is 35.1 Å². The fourth-order valence-corrected chi connectivity index (χ4v) is 2.97. The lowest BCUT2D eigenvalue weighted by Gasteiger charge is -2.19. The minimum absolute atomic E-state index is 0. The number of hydrogen-bond acceptors (Lipinski definition) is 2. The van der Waals surface area contributed by atoms with E-state index in [1.807, 2.05) is 0 Å². The number of rotatable bonds is 0. The molecule has 0 spiro atoms. The van der Waals surface area contributed by atoms with Gasteiger partial charge in [-0.25, -0.2) is 4.39 Å². The molecule has 0 bridgehead atoms. The molecular weight excluding hydrogens is 255 g/mol. The maximum Gasteiger partial charge on any atom is 0.253 e. The molecule has 1 N–H and O–H groups in total. The number of hydrogen-bond donors (Lipinski definition) is 1. The maximum absolute atomic E-state index is 13.3. The summed E-state index contributed by atoms with van der Waals surface area (Å²) in [6.07, 6.45) is 0. The minimum Gasteiger partial charge on any atom is -0.341 e. The van der Waals surface area contributed by atoms with Crippen molar-refractivity contribution in [2.45, 2.75) is 5.92 Å². The van der Waals surface area contributed by atoms with Gasteiger partial charge < -0.3 is 10.2 Å². The Hall–Kier alpha value is -1.13. The Balaban J connectivity index is 0.00000120. The molecule has 0 radical (unpaired) electrons. The second-order valence-corrected chi connectivity index (χ2v) is 4.94. The van der Waals surface area contributed by atoms with Crippen molar-refractivity contribution in [3.8, 4) is 0 Å². The van der Waals surface area contributed by atoms with Gasteiger partial charge >= 0.3 is 0 Å². The Labute approximate surface area is 112 Å². The summed E-state index contributed by atoms with van der Waals surface area (Å²) in [5.41, 5.74) is 1.53. The fourth-order valence-electron chi connectivity index (χ4n) is 2.97. The van der Waals surface area contributed by atoms with Crippen molar-refractivity contribution in [2.24, 2.45) is 5.92 Å². The number of halogens is 2. The van der Waals surface area contributed by atoms with Crippen LogP contribution in [-0.4, -0.2) is 37.5 Å². The number of carbonyl (C=O) groups excluding carboxylic acids is 1. The van der Waals surface area contributed by atoms with Gasteiger partial charge in [0.25, 0.3) is 5.91 Å². The van der Waals surface area contributed by atoms with E-state index in [0.717, 1.165) is 25.2 Å². The molecule has 0 saturated carbocycles. The molecule has 3 nitrogen and oxygen atoms in total. The minimum atomic E-state index is -0.338. The number of carbonyl (C=O) groups is 1. The SMILES string of the molecule is CN1C[C@@H]2CNC[C@H]2c2ccc(F)cc2C1=O.Cl. The Morgan fingerprint density at radius 1 is 1.39 bits per heavy atom. The molecule has 1 saturated heterocycles. The highest BCUT2D eigenvalue weighted by atomic mass is 35.5. The Bertz CT molecular complexity index is 480. The lowest BCUT2D eigenvalue weighted by Crippen LogP contribution is -2.31. The average molecular weight is 271 g/mol. The van der Waals surface area contributed by atoms with Crippen molar-refractivity contribution in [1.29, 1.82) is 0 Å². The maximum atomic E-state index is 13.3. The topological polar surface area (TPSA) is 32.3 Å². The number of nitrogens with one attached hydrogen (secondary N) is 1. The highest BCUT2D eigenvalue weighted by Crippen LogP contribution is 2.34. The van der Waals surface area contributed by atoms with E-state index in [1.165, 1.54) is 12.1 Å². The molecule has 1 amide bonds. The van der Waals surface area contributed by atoms with E-state index in [9.17, 15) is 9.18 Å². The first kappa shape index (κ1) is 13.3. The Morgan fingerprint density at radius 3 is 2.94 bits per heavy atom. The van der Waals surface area contributed by atoms with E-state index < -0.39 is 0 Å². The number of fused-ring (bicyclic) bond motifs is 3. The molecule has 0 aromatic heterocycles. The van der Waals surface area contributed by atoms with Crippen LogP contribution in [0.4, 0.5) is 4.39 Å². The van der Waals surface area contributed by atoms with Gasteiger partial charge in [0.1, 0.15) is 5.82 Å². The van der Waals surface area contributed by atoms with E-state index in [2.05, 4.69) is 5.32 Å². The first-order valence-electron chi connectivity index (χ1n) is 5.92. The Morgan fingerprint density at radius 2 is 2.17 bits per heavy atom. The van der Waals surface area contributed by atoms with Crippen LogP contribution in [0.25, 0.3) is 0 Å². The third-order valence-corrected chi connectivity index (χ3v) is 3.84. The number of benzene rings is 1. The van der Waals surface area contributed by atoms with Gasteiger partial charge in [0.2, 0.25) is 0 Å². The number of amides is 1. The second-order valence-electron chi connectivity index (χ2n) is 4.94. The summed E-state index contributed by atoms with van der Waals surface area (Å²) in [7, 11) is 1.79. The van der Waals surface area contributed by atoms with Gasteiger partial charge in [-0.3, -0.25) is 4.79 Å². The van der Waals surface area contributed by atoms with Gasteiger partial charge in [-0.1, -0.05) is 6.07 Å². The lowest BCUT2D eigenvalue weighted by molar-refractivity contribution is 0.0784. The van der Waals surface area contributed by atoms with Gasteiger partial charge in [0.15, 0.2) is 0 Å². The lowest BCUT2D eigenvalue weighted by atomic mass is 9.87. The van der Waals surface area contributed by atoms with Gasteiger partial charge in [-0.2, -0.15) is 0 Å². The van der Waals surface area contributed by atoms with Crippen molar-refractivity contribution in [3.63, 3.8) is 0 Å². The van der Waals surface area contributed by atoms with Crippen molar-refractivity contribution in [1.82, 2.24) is 10.2 Å². The molecule has 1 aromatic rings. The summed E-state index contributed by atoms with van der Waals surface area (Å²) in [6, 6.07) is 4.59. The molecule has 1 fully saturated rings. The van der Waals surface area contributed by atoms with Gasteiger partial charge in [-0.15, -0.1) is 12.4 Å². The van der Waals surface area contributed by atoms with Crippen molar-refractivity contribution in [2.75, 3.05) is 26.7 Å². The van der Waals surface area contributed by atoms with Gasteiger partial charge in [-0.05, 0) is 23.6 Å². The second kappa shape index (κ2) is 4.86. The summed E-state index contributed by atoms with van der Waals surface area (Å²) in [5, 5.41) is 3.35. The van der Waals surface area contributed by atoms with E-state index in [1.54, 1.807) is 18.0 Å². The van der Waals surface area contributed by atoms with E-state index in [-0.39, 0.29) is 24.1 Å². The highest BCUT2D eigenvalue weighted by molar-refractivity contribution is 5.96. The smallest absolute Gasteiger partial charge is 0.253 e. The van der Waals surface area contributed by atoms with Crippen LogP contribution in [0.15, 0.2) is 18.2 Å². The molecule has 3 rings (SSSR count). The summed E-state index contributed by atoms with van der Waals surface area (Å²) in [4.78, 5) is 13.9. The van der Waals surface area contributed by atoms with Crippen molar-refractivity contribution >= 4 is 18.3 Å². The van der Waals surface area contributed by atoms with Gasteiger partial charge in [0.05, 0.1) is 0 Å². The Kier molecular flexibility index (Phi) is 3.59. The molecule has 2 heterocycles. The van der Waals surface area contributed by atoms with Crippen LogP contribution >= 0.6 is 12.4 Å².